The summed E-state index contributed by atoms with van der Waals surface area (Å²) in [7, 11) is 1.44. The quantitative estimate of drug-likeness (QED) is 0.868. The van der Waals surface area contributed by atoms with Gasteiger partial charge in [-0.2, -0.15) is 0 Å². The highest BCUT2D eigenvalue weighted by atomic mass is 79.9. The molecule has 2 aromatic rings. The van der Waals surface area contributed by atoms with Crippen LogP contribution in [0, 0.1) is 0 Å². The molecule has 0 aromatic heterocycles. The highest BCUT2D eigenvalue weighted by molar-refractivity contribution is 9.10. The van der Waals surface area contributed by atoms with Crippen LogP contribution in [0.15, 0.2) is 40.9 Å². The molecule has 0 spiro atoms. The Morgan fingerprint density at radius 1 is 1.18 bits per heavy atom. The standard InChI is InChI=1S/C15H12BrNO5/c1-22-13-5-2-8(16)6-11(13)14(19)17-9-3-4-12(18)10(7-9)15(20)21/h2-7,18H,1H3,(H,17,19)(H,20,21)/p-1. The highest BCUT2D eigenvalue weighted by Crippen LogP contribution is 2.25. The molecule has 114 valence electrons. The number of aromatic carboxylic acids is 1. The van der Waals surface area contributed by atoms with Crippen LogP contribution in [0.1, 0.15) is 20.7 Å². The molecule has 1 amide bonds. The van der Waals surface area contributed by atoms with Crippen LogP contribution in [0.3, 0.4) is 0 Å². The smallest absolute Gasteiger partial charge is 0.335 e. The summed E-state index contributed by atoms with van der Waals surface area (Å²) in [5.41, 5.74) is 0.0861. The number of nitrogens with one attached hydrogen (secondary N) is 1. The summed E-state index contributed by atoms with van der Waals surface area (Å²) < 4.78 is 5.81. The van der Waals surface area contributed by atoms with E-state index in [1.165, 1.54) is 13.2 Å². The van der Waals surface area contributed by atoms with Crippen molar-refractivity contribution in [3.63, 3.8) is 0 Å². The second kappa shape index (κ2) is 6.48. The summed E-state index contributed by atoms with van der Waals surface area (Å²) in [5.74, 6) is -2.07. The molecule has 0 aliphatic carbocycles. The molecule has 2 rings (SSSR count). The summed E-state index contributed by atoms with van der Waals surface area (Å²) in [6.45, 7) is 0. The van der Waals surface area contributed by atoms with Gasteiger partial charge in [-0.15, -0.1) is 0 Å². The van der Waals surface area contributed by atoms with E-state index in [4.69, 9.17) is 9.84 Å². The Balaban J connectivity index is 2.31. The van der Waals surface area contributed by atoms with E-state index in [1.54, 1.807) is 18.2 Å². The van der Waals surface area contributed by atoms with Crippen LogP contribution in [-0.4, -0.2) is 24.1 Å². The number of amides is 1. The van der Waals surface area contributed by atoms with Crippen LogP contribution >= 0.6 is 15.9 Å². The zero-order valence-corrected chi connectivity index (χ0v) is 13.0. The van der Waals surface area contributed by atoms with Gasteiger partial charge in [0, 0.05) is 10.2 Å². The predicted octanol–water partition coefficient (Wildman–Crippen LogP) is 2.48. The summed E-state index contributed by atoms with van der Waals surface area (Å²) in [6.07, 6.45) is 0. The maximum absolute atomic E-state index is 12.3. The molecular weight excluding hydrogens is 354 g/mol. The Morgan fingerprint density at radius 2 is 1.91 bits per heavy atom. The lowest BCUT2D eigenvalue weighted by Gasteiger charge is -2.13. The van der Waals surface area contributed by atoms with E-state index in [0.717, 1.165) is 12.1 Å². The molecular formula is C15H11BrNO5-. The lowest BCUT2D eigenvalue weighted by molar-refractivity contribution is -0.268. The number of carbonyl (C=O) groups excluding carboxylic acids is 1. The molecule has 7 heteroatoms. The van der Waals surface area contributed by atoms with E-state index < -0.39 is 23.2 Å². The fourth-order valence-corrected chi connectivity index (χ4v) is 2.19. The number of carboxylic acids is 1. The van der Waals surface area contributed by atoms with Crippen molar-refractivity contribution < 1.29 is 24.5 Å². The number of ether oxygens (including phenoxy) is 1. The largest absolute Gasteiger partial charge is 0.872 e. The fraction of sp³-hybridized carbons (Fsp3) is 0.0667. The number of carboxylic acid groups (broad SMARTS) is 1. The number of halogens is 1. The van der Waals surface area contributed by atoms with Crippen molar-refractivity contribution in [2.75, 3.05) is 12.4 Å². The van der Waals surface area contributed by atoms with E-state index in [-0.39, 0.29) is 11.3 Å². The van der Waals surface area contributed by atoms with Gasteiger partial charge in [0.1, 0.15) is 5.75 Å². The third kappa shape index (κ3) is 3.37. The summed E-state index contributed by atoms with van der Waals surface area (Å²) in [5, 5.41) is 22.9. The first-order valence-corrected chi connectivity index (χ1v) is 6.91. The first-order valence-electron chi connectivity index (χ1n) is 6.11. The van der Waals surface area contributed by atoms with Crippen molar-refractivity contribution in [2.24, 2.45) is 0 Å². The molecule has 0 bridgehead atoms. The highest BCUT2D eigenvalue weighted by Gasteiger charge is 2.14. The van der Waals surface area contributed by atoms with E-state index in [1.807, 2.05) is 0 Å². The zero-order chi connectivity index (χ0) is 16.3. The van der Waals surface area contributed by atoms with Gasteiger partial charge in [0.05, 0.1) is 18.2 Å². The number of benzene rings is 2. The summed E-state index contributed by atoms with van der Waals surface area (Å²) >= 11 is 3.26. The van der Waals surface area contributed by atoms with Gasteiger partial charge in [-0.25, -0.2) is 4.79 Å². The number of carbonyl (C=O) groups is 2. The number of methoxy groups -OCH3 is 1. The molecule has 0 heterocycles. The Hall–Kier alpha value is -2.54. The fourth-order valence-electron chi connectivity index (χ4n) is 1.83. The minimum absolute atomic E-state index is 0.212. The van der Waals surface area contributed by atoms with E-state index in [9.17, 15) is 14.7 Å². The van der Waals surface area contributed by atoms with Crippen LogP contribution in [0.5, 0.6) is 11.5 Å². The van der Waals surface area contributed by atoms with Gasteiger partial charge in [0.25, 0.3) is 5.91 Å². The molecule has 0 unspecified atom stereocenters. The number of rotatable bonds is 4. The Bertz CT molecular complexity index is 745. The molecule has 22 heavy (non-hydrogen) atoms. The van der Waals surface area contributed by atoms with Crippen molar-refractivity contribution in [1.82, 2.24) is 0 Å². The summed E-state index contributed by atoms with van der Waals surface area (Å²) in [6, 6.07) is 8.49. The first-order chi connectivity index (χ1) is 10.4. The van der Waals surface area contributed by atoms with Crippen LogP contribution in [0.2, 0.25) is 0 Å². The number of hydrogen-bond donors (Lipinski definition) is 2. The van der Waals surface area contributed by atoms with E-state index in [0.29, 0.717) is 10.2 Å². The monoisotopic (exact) mass is 364 g/mol. The molecule has 6 nitrogen and oxygen atoms in total. The van der Waals surface area contributed by atoms with Crippen molar-refractivity contribution >= 4 is 33.5 Å². The van der Waals surface area contributed by atoms with Gasteiger partial charge in [0.2, 0.25) is 0 Å². The van der Waals surface area contributed by atoms with Crippen molar-refractivity contribution in [3.05, 3.63) is 52.0 Å². The lowest BCUT2D eigenvalue weighted by atomic mass is 10.1. The lowest BCUT2D eigenvalue weighted by Crippen LogP contribution is -2.14. The molecule has 0 radical (unpaired) electrons. The number of anilines is 1. The Kier molecular flexibility index (Phi) is 4.67. The molecule has 0 aliphatic heterocycles. The SMILES string of the molecule is COc1ccc(Br)cc1C(=O)Nc1ccc([O-])c(C(=O)O)c1. The van der Waals surface area contributed by atoms with Gasteiger partial charge in [0.15, 0.2) is 0 Å². The van der Waals surface area contributed by atoms with Crippen molar-refractivity contribution in [2.45, 2.75) is 0 Å². The van der Waals surface area contributed by atoms with Crippen LogP contribution in [0.25, 0.3) is 0 Å². The molecule has 0 atom stereocenters. The van der Waals surface area contributed by atoms with Gasteiger partial charge >= 0.3 is 5.97 Å². The average molecular weight is 365 g/mol. The molecule has 0 fully saturated rings. The summed E-state index contributed by atoms with van der Waals surface area (Å²) in [4.78, 5) is 23.2. The molecule has 0 saturated carbocycles. The Labute approximate surface area is 134 Å². The Morgan fingerprint density at radius 3 is 2.55 bits per heavy atom. The maximum Gasteiger partial charge on any atom is 0.335 e. The molecule has 0 aliphatic rings. The van der Waals surface area contributed by atoms with Crippen LogP contribution < -0.4 is 15.2 Å². The number of hydrogen-bond acceptors (Lipinski definition) is 4. The van der Waals surface area contributed by atoms with Gasteiger partial charge in [-0.05, 0) is 30.3 Å². The van der Waals surface area contributed by atoms with Gasteiger partial charge < -0.3 is 20.3 Å². The second-order valence-corrected chi connectivity index (χ2v) is 5.23. The van der Waals surface area contributed by atoms with Crippen molar-refractivity contribution in [3.8, 4) is 11.5 Å². The predicted molar refractivity (Wildman–Crippen MR) is 81.5 cm³/mol. The second-order valence-electron chi connectivity index (χ2n) is 4.31. The maximum atomic E-state index is 12.3. The van der Waals surface area contributed by atoms with Gasteiger partial charge in [-0.1, -0.05) is 27.7 Å². The normalized spacial score (nSPS) is 10.1. The topological polar surface area (TPSA) is 98.7 Å². The van der Waals surface area contributed by atoms with E-state index in [2.05, 4.69) is 21.2 Å². The van der Waals surface area contributed by atoms with Gasteiger partial charge in [-0.3, -0.25) is 4.79 Å². The third-order valence-corrected chi connectivity index (χ3v) is 3.37. The minimum atomic E-state index is -1.35. The molecule has 2 aromatic carbocycles. The van der Waals surface area contributed by atoms with Crippen LogP contribution in [-0.2, 0) is 0 Å². The van der Waals surface area contributed by atoms with E-state index >= 15 is 0 Å². The van der Waals surface area contributed by atoms with Crippen molar-refractivity contribution in [1.29, 1.82) is 0 Å². The molecule has 0 saturated heterocycles. The minimum Gasteiger partial charge on any atom is -0.872 e. The molecule has 2 N–H and O–H groups in total. The average Bonchev–Trinajstić information content (AvgIpc) is 2.48. The first kappa shape index (κ1) is 15.8. The van der Waals surface area contributed by atoms with Crippen LogP contribution in [0.4, 0.5) is 5.69 Å². The third-order valence-electron chi connectivity index (χ3n) is 2.87. The zero-order valence-electron chi connectivity index (χ0n) is 11.4.